The molecule has 0 saturated carbocycles. The predicted molar refractivity (Wildman–Crippen MR) is 109 cm³/mol. The summed E-state index contributed by atoms with van der Waals surface area (Å²) in [5.74, 6) is 0.979. The van der Waals surface area contributed by atoms with Crippen molar-refractivity contribution in [3.8, 4) is 0 Å². The molecule has 3 N–H and O–H groups in total. The number of hydrogen-bond acceptors (Lipinski definition) is 3. The largest absolute Gasteiger partial charge is 0.459 e. The van der Waals surface area contributed by atoms with E-state index in [-0.39, 0.29) is 5.91 Å². The van der Waals surface area contributed by atoms with E-state index in [0.717, 1.165) is 37.5 Å². The van der Waals surface area contributed by atoms with Gasteiger partial charge in [0, 0.05) is 32.2 Å². The van der Waals surface area contributed by atoms with E-state index in [1.54, 1.807) is 13.1 Å². The first-order chi connectivity index (χ1) is 13.0. The van der Waals surface area contributed by atoms with Crippen molar-refractivity contribution in [1.82, 2.24) is 16.0 Å². The highest BCUT2D eigenvalue weighted by atomic mass is 16.3. The molecule has 0 saturated heterocycles. The Morgan fingerprint density at radius 1 is 1.00 bits per heavy atom. The zero-order valence-corrected chi connectivity index (χ0v) is 16.7. The van der Waals surface area contributed by atoms with Crippen LogP contribution in [-0.2, 0) is 6.42 Å². The summed E-state index contributed by atoms with van der Waals surface area (Å²) in [6, 6.07) is 8.40. The topological polar surface area (TPSA) is 78.7 Å². The average Bonchev–Trinajstić information content (AvgIpc) is 3.05. The number of amides is 1. The smallest absolute Gasteiger partial charge is 0.287 e. The zero-order valence-electron chi connectivity index (χ0n) is 16.7. The fourth-order valence-corrected chi connectivity index (χ4v) is 2.94. The first kappa shape index (κ1) is 20.6. The maximum Gasteiger partial charge on any atom is 0.287 e. The van der Waals surface area contributed by atoms with Gasteiger partial charge in [0.05, 0.1) is 6.26 Å². The third kappa shape index (κ3) is 6.81. The summed E-state index contributed by atoms with van der Waals surface area (Å²) < 4.78 is 5.18. The molecule has 6 heteroatoms. The van der Waals surface area contributed by atoms with Crippen LogP contribution in [0.2, 0.25) is 0 Å². The van der Waals surface area contributed by atoms with Gasteiger partial charge in [0.25, 0.3) is 5.91 Å². The maximum absolute atomic E-state index is 11.9. The molecule has 0 aliphatic carbocycles. The molecule has 2 aromatic rings. The molecule has 1 aromatic heterocycles. The van der Waals surface area contributed by atoms with Crippen LogP contribution in [0, 0.1) is 20.8 Å². The van der Waals surface area contributed by atoms with Gasteiger partial charge in [-0.05, 0) is 45.2 Å². The Bertz CT molecular complexity index is 760. The van der Waals surface area contributed by atoms with Crippen LogP contribution in [-0.4, -0.2) is 38.5 Å². The number of hydrogen-bond donors (Lipinski definition) is 3. The van der Waals surface area contributed by atoms with Crippen molar-refractivity contribution < 1.29 is 9.21 Å². The minimum Gasteiger partial charge on any atom is -0.459 e. The van der Waals surface area contributed by atoms with Gasteiger partial charge in [0.1, 0.15) is 0 Å². The van der Waals surface area contributed by atoms with Gasteiger partial charge >= 0.3 is 0 Å². The predicted octanol–water partition coefficient (Wildman–Crippen LogP) is 2.73. The summed E-state index contributed by atoms with van der Waals surface area (Å²) >= 11 is 0. The number of carbonyl (C=O) groups is 1. The highest BCUT2D eigenvalue weighted by Crippen LogP contribution is 2.09. The first-order valence-electron chi connectivity index (χ1n) is 9.33. The van der Waals surface area contributed by atoms with Crippen LogP contribution in [0.15, 0.2) is 39.9 Å². The number of furan rings is 1. The second-order valence-corrected chi connectivity index (χ2v) is 6.71. The highest BCUT2D eigenvalue weighted by Gasteiger charge is 2.11. The van der Waals surface area contributed by atoms with Crippen LogP contribution < -0.4 is 16.0 Å². The Morgan fingerprint density at radius 3 is 2.30 bits per heavy atom. The van der Waals surface area contributed by atoms with Gasteiger partial charge in [0.2, 0.25) is 0 Å². The monoisotopic (exact) mass is 370 g/mol. The van der Waals surface area contributed by atoms with Crippen molar-refractivity contribution in [2.45, 2.75) is 33.6 Å². The molecule has 0 bridgehead atoms. The molecule has 2 rings (SSSR count). The van der Waals surface area contributed by atoms with E-state index in [1.807, 2.05) is 6.92 Å². The second kappa shape index (κ2) is 10.4. The van der Waals surface area contributed by atoms with Gasteiger partial charge in [-0.15, -0.1) is 0 Å². The number of nitrogens with one attached hydrogen (secondary N) is 3. The first-order valence-corrected chi connectivity index (χ1v) is 9.33. The summed E-state index contributed by atoms with van der Waals surface area (Å²) in [6.07, 6.45) is 3.27. The lowest BCUT2D eigenvalue weighted by Gasteiger charge is -2.12. The zero-order chi connectivity index (χ0) is 19.6. The molecule has 0 aliphatic rings. The molecule has 6 nitrogen and oxygen atoms in total. The van der Waals surface area contributed by atoms with Crippen LogP contribution in [0.5, 0.6) is 0 Å². The molecule has 0 spiro atoms. The Labute approximate surface area is 161 Å². The van der Waals surface area contributed by atoms with Crippen LogP contribution >= 0.6 is 0 Å². The number of nitrogens with zero attached hydrogens (tertiary/aromatic N) is 1. The van der Waals surface area contributed by atoms with Crippen LogP contribution in [0.1, 0.15) is 39.2 Å². The SMILES string of the molecule is CN=C(NCCCNC(=O)c1occc1C)NCCc1cc(C)cc(C)c1. The molecule has 1 amide bonds. The van der Waals surface area contributed by atoms with E-state index in [4.69, 9.17) is 4.42 Å². The molecule has 27 heavy (non-hydrogen) atoms. The number of guanidine groups is 1. The highest BCUT2D eigenvalue weighted by molar-refractivity contribution is 5.92. The van der Waals surface area contributed by atoms with Gasteiger partial charge in [-0.2, -0.15) is 0 Å². The van der Waals surface area contributed by atoms with E-state index < -0.39 is 0 Å². The summed E-state index contributed by atoms with van der Waals surface area (Å²) in [5.41, 5.74) is 4.75. The van der Waals surface area contributed by atoms with Crippen molar-refractivity contribution in [3.05, 3.63) is 58.5 Å². The third-order valence-corrected chi connectivity index (χ3v) is 4.21. The third-order valence-electron chi connectivity index (χ3n) is 4.21. The Hall–Kier alpha value is -2.76. The molecule has 0 radical (unpaired) electrons. The van der Waals surface area contributed by atoms with E-state index in [1.165, 1.54) is 23.0 Å². The summed E-state index contributed by atoms with van der Waals surface area (Å²) in [7, 11) is 1.76. The molecule has 0 atom stereocenters. The lowest BCUT2D eigenvalue weighted by Crippen LogP contribution is -2.39. The van der Waals surface area contributed by atoms with Crippen LogP contribution in [0.3, 0.4) is 0 Å². The van der Waals surface area contributed by atoms with Crippen molar-refractivity contribution >= 4 is 11.9 Å². The quantitative estimate of drug-likeness (QED) is 0.379. The van der Waals surface area contributed by atoms with Gasteiger partial charge in [-0.25, -0.2) is 0 Å². The summed E-state index contributed by atoms with van der Waals surface area (Å²) in [5, 5.41) is 9.45. The van der Waals surface area contributed by atoms with E-state index in [9.17, 15) is 4.79 Å². The molecule has 1 aromatic carbocycles. The number of carbonyl (C=O) groups excluding carboxylic acids is 1. The van der Waals surface area contributed by atoms with Crippen molar-refractivity contribution in [2.24, 2.45) is 4.99 Å². The lowest BCUT2D eigenvalue weighted by atomic mass is 10.1. The van der Waals surface area contributed by atoms with Crippen molar-refractivity contribution in [2.75, 3.05) is 26.7 Å². The van der Waals surface area contributed by atoms with E-state index in [0.29, 0.717) is 12.3 Å². The standard InChI is InChI=1S/C21H30N4O2/c1-15-12-16(2)14-18(13-15)6-10-25-21(22-4)24-9-5-8-23-20(26)19-17(3)7-11-27-19/h7,11-14H,5-6,8-10H2,1-4H3,(H,23,26)(H2,22,24,25). The fourth-order valence-electron chi connectivity index (χ4n) is 2.94. The van der Waals surface area contributed by atoms with Gasteiger partial charge in [-0.1, -0.05) is 29.3 Å². The molecule has 0 aliphatic heterocycles. The second-order valence-electron chi connectivity index (χ2n) is 6.71. The Morgan fingerprint density at radius 2 is 1.67 bits per heavy atom. The molecule has 1 heterocycles. The molecule has 146 valence electrons. The minimum atomic E-state index is -0.173. The summed E-state index contributed by atoms with van der Waals surface area (Å²) in [4.78, 5) is 16.2. The normalized spacial score (nSPS) is 11.3. The molecule has 0 fully saturated rings. The molecular weight excluding hydrogens is 340 g/mol. The van der Waals surface area contributed by atoms with E-state index in [2.05, 4.69) is 53.0 Å². The van der Waals surface area contributed by atoms with Crippen LogP contribution in [0.4, 0.5) is 0 Å². The lowest BCUT2D eigenvalue weighted by molar-refractivity contribution is 0.0925. The average molecular weight is 370 g/mol. The minimum absolute atomic E-state index is 0.173. The van der Waals surface area contributed by atoms with Gasteiger partial charge < -0.3 is 20.4 Å². The van der Waals surface area contributed by atoms with Gasteiger partial charge in [0.15, 0.2) is 11.7 Å². The number of benzene rings is 1. The molecular formula is C21H30N4O2. The van der Waals surface area contributed by atoms with Crippen molar-refractivity contribution in [1.29, 1.82) is 0 Å². The number of aryl methyl sites for hydroxylation is 3. The number of aliphatic imine (C=N–C) groups is 1. The van der Waals surface area contributed by atoms with Crippen LogP contribution in [0.25, 0.3) is 0 Å². The Balaban J connectivity index is 1.62. The van der Waals surface area contributed by atoms with Gasteiger partial charge in [-0.3, -0.25) is 9.79 Å². The molecule has 0 unspecified atom stereocenters. The van der Waals surface area contributed by atoms with E-state index >= 15 is 0 Å². The fraction of sp³-hybridized carbons (Fsp3) is 0.429. The van der Waals surface area contributed by atoms with Crippen molar-refractivity contribution in [3.63, 3.8) is 0 Å². The Kier molecular flexibility index (Phi) is 7.92. The number of rotatable bonds is 8. The maximum atomic E-state index is 11.9. The summed E-state index contributed by atoms with van der Waals surface area (Å²) in [6.45, 7) is 8.21.